The van der Waals surface area contributed by atoms with E-state index in [2.05, 4.69) is 15.9 Å². The van der Waals surface area contributed by atoms with Gasteiger partial charge in [0.05, 0.1) is 10.4 Å². The average molecular weight is 259 g/mol. The molecule has 0 spiro atoms. The Balaban J connectivity index is 2.92. The maximum Gasteiger partial charge on any atom is 0.226 e. The molecule has 1 aromatic heterocycles. The third kappa shape index (κ3) is 1.49. The Morgan fingerprint density at radius 2 is 2.08 bits per heavy atom. The van der Waals surface area contributed by atoms with Gasteiger partial charge in [0.15, 0.2) is 6.20 Å². The predicted molar refractivity (Wildman–Crippen MR) is 55.6 cm³/mol. The summed E-state index contributed by atoms with van der Waals surface area (Å²) in [4.78, 5) is 0. The molecule has 0 N–H and O–H groups in total. The molecule has 0 aliphatic rings. The zero-order chi connectivity index (χ0) is 9.42. The first-order valence-corrected chi connectivity index (χ1v) is 4.82. The molecule has 1 aromatic carbocycles. The molecule has 66 valence electrons. The standard InChI is InChI=1S/C9H5BrClNO/c10-6-1-2-7-8(11)3-4-12(13)9(7)5-6/h1-5H. The van der Waals surface area contributed by atoms with Crippen molar-refractivity contribution in [2.45, 2.75) is 0 Å². The Kier molecular flexibility index (Phi) is 2.14. The summed E-state index contributed by atoms with van der Waals surface area (Å²) < 4.78 is 1.67. The molecular formula is C9H5BrClNO. The fraction of sp³-hybridized carbons (Fsp3) is 0. The first-order valence-electron chi connectivity index (χ1n) is 3.65. The van der Waals surface area contributed by atoms with Crippen LogP contribution in [0.2, 0.25) is 5.02 Å². The van der Waals surface area contributed by atoms with E-state index in [0.717, 1.165) is 14.6 Å². The molecule has 2 nitrogen and oxygen atoms in total. The van der Waals surface area contributed by atoms with Crippen molar-refractivity contribution in [2.24, 2.45) is 0 Å². The molecule has 2 rings (SSSR count). The van der Waals surface area contributed by atoms with Gasteiger partial charge in [0, 0.05) is 16.6 Å². The SMILES string of the molecule is [O-][n+]1ccc(Cl)c2ccc(Br)cc21. The number of aromatic nitrogens is 1. The largest absolute Gasteiger partial charge is 0.618 e. The molecule has 2 aromatic rings. The number of fused-ring (bicyclic) bond motifs is 1. The van der Waals surface area contributed by atoms with E-state index in [1.807, 2.05) is 12.1 Å². The quantitative estimate of drug-likeness (QED) is 0.527. The lowest BCUT2D eigenvalue weighted by atomic mass is 10.2. The fourth-order valence-corrected chi connectivity index (χ4v) is 1.76. The van der Waals surface area contributed by atoms with Crippen LogP contribution in [-0.2, 0) is 0 Å². The van der Waals surface area contributed by atoms with Gasteiger partial charge < -0.3 is 5.21 Å². The third-order valence-corrected chi connectivity index (χ3v) is 2.63. The van der Waals surface area contributed by atoms with Crippen LogP contribution >= 0.6 is 27.5 Å². The van der Waals surface area contributed by atoms with Crippen LogP contribution in [0.25, 0.3) is 10.9 Å². The van der Waals surface area contributed by atoms with E-state index in [0.29, 0.717) is 10.5 Å². The maximum absolute atomic E-state index is 11.3. The summed E-state index contributed by atoms with van der Waals surface area (Å²) in [5.74, 6) is 0. The molecule has 0 saturated carbocycles. The molecule has 0 amide bonds. The van der Waals surface area contributed by atoms with E-state index in [1.165, 1.54) is 6.20 Å². The lowest BCUT2D eigenvalue weighted by Gasteiger charge is -2.02. The highest BCUT2D eigenvalue weighted by Crippen LogP contribution is 2.23. The highest BCUT2D eigenvalue weighted by molar-refractivity contribution is 9.10. The zero-order valence-electron chi connectivity index (χ0n) is 6.50. The molecule has 13 heavy (non-hydrogen) atoms. The van der Waals surface area contributed by atoms with Crippen molar-refractivity contribution < 1.29 is 4.73 Å². The van der Waals surface area contributed by atoms with Gasteiger partial charge in [0.2, 0.25) is 5.52 Å². The van der Waals surface area contributed by atoms with Crippen molar-refractivity contribution >= 4 is 38.4 Å². The topological polar surface area (TPSA) is 26.9 Å². The summed E-state index contributed by atoms with van der Waals surface area (Å²) in [6.45, 7) is 0. The highest BCUT2D eigenvalue weighted by atomic mass is 79.9. The van der Waals surface area contributed by atoms with E-state index >= 15 is 0 Å². The third-order valence-electron chi connectivity index (χ3n) is 1.81. The second kappa shape index (κ2) is 3.16. The molecule has 0 radical (unpaired) electrons. The Hall–Kier alpha value is -0.800. The minimum Gasteiger partial charge on any atom is -0.618 e. The summed E-state index contributed by atoms with van der Waals surface area (Å²) in [6.07, 6.45) is 1.40. The van der Waals surface area contributed by atoms with Crippen LogP contribution in [0.5, 0.6) is 0 Å². The van der Waals surface area contributed by atoms with Crippen molar-refractivity contribution in [3.05, 3.63) is 45.2 Å². The van der Waals surface area contributed by atoms with Crippen LogP contribution < -0.4 is 4.73 Å². The van der Waals surface area contributed by atoms with Crippen molar-refractivity contribution in [3.63, 3.8) is 0 Å². The van der Waals surface area contributed by atoms with Gasteiger partial charge >= 0.3 is 0 Å². The summed E-state index contributed by atoms with van der Waals surface area (Å²) in [5, 5.41) is 12.7. The van der Waals surface area contributed by atoms with Gasteiger partial charge in [-0.1, -0.05) is 27.5 Å². The monoisotopic (exact) mass is 257 g/mol. The number of nitrogens with zero attached hydrogens (tertiary/aromatic N) is 1. The summed E-state index contributed by atoms with van der Waals surface area (Å²) in [5.41, 5.74) is 0.571. The van der Waals surface area contributed by atoms with Crippen molar-refractivity contribution in [1.82, 2.24) is 0 Å². The summed E-state index contributed by atoms with van der Waals surface area (Å²) in [6, 6.07) is 7.00. The molecule has 4 heteroatoms. The average Bonchev–Trinajstić information content (AvgIpc) is 2.12. The zero-order valence-corrected chi connectivity index (χ0v) is 8.84. The molecule has 0 aliphatic carbocycles. The molecule has 0 saturated heterocycles. The Bertz CT molecular complexity index is 472. The highest BCUT2D eigenvalue weighted by Gasteiger charge is 2.06. The van der Waals surface area contributed by atoms with E-state index in [1.54, 1.807) is 12.1 Å². The van der Waals surface area contributed by atoms with Gasteiger partial charge in [0.1, 0.15) is 0 Å². The van der Waals surface area contributed by atoms with Gasteiger partial charge in [-0.25, -0.2) is 0 Å². The second-order valence-electron chi connectivity index (χ2n) is 2.65. The van der Waals surface area contributed by atoms with E-state index in [-0.39, 0.29) is 0 Å². The number of benzene rings is 1. The molecule has 0 unspecified atom stereocenters. The van der Waals surface area contributed by atoms with Crippen LogP contribution in [0.3, 0.4) is 0 Å². The lowest BCUT2D eigenvalue weighted by Crippen LogP contribution is -2.25. The summed E-state index contributed by atoms with van der Waals surface area (Å²) >= 11 is 9.21. The first kappa shape index (κ1) is 8.78. The van der Waals surface area contributed by atoms with Crippen molar-refractivity contribution in [2.75, 3.05) is 0 Å². The van der Waals surface area contributed by atoms with Crippen LogP contribution in [-0.4, -0.2) is 0 Å². The molecule has 0 atom stereocenters. The van der Waals surface area contributed by atoms with Gasteiger partial charge in [-0.05, 0) is 12.1 Å². The number of rotatable bonds is 0. The number of halogens is 2. The lowest BCUT2D eigenvalue weighted by molar-refractivity contribution is -0.577. The second-order valence-corrected chi connectivity index (χ2v) is 3.97. The minimum atomic E-state index is 0.571. The Morgan fingerprint density at radius 3 is 2.85 bits per heavy atom. The van der Waals surface area contributed by atoms with Crippen LogP contribution in [0, 0.1) is 5.21 Å². The summed E-state index contributed by atoms with van der Waals surface area (Å²) in [7, 11) is 0. The molecule has 0 fully saturated rings. The van der Waals surface area contributed by atoms with Gasteiger partial charge in [0.25, 0.3) is 0 Å². The number of hydrogen-bond donors (Lipinski definition) is 0. The Morgan fingerprint density at radius 1 is 1.31 bits per heavy atom. The fourth-order valence-electron chi connectivity index (χ4n) is 1.19. The Labute approximate surface area is 88.5 Å². The van der Waals surface area contributed by atoms with E-state index < -0.39 is 0 Å². The van der Waals surface area contributed by atoms with Gasteiger partial charge in [-0.2, -0.15) is 4.73 Å². The van der Waals surface area contributed by atoms with E-state index in [9.17, 15) is 5.21 Å². The van der Waals surface area contributed by atoms with Gasteiger partial charge in [-0.15, -0.1) is 0 Å². The first-order chi connectivity index (χ1) is 6.18. The van der Waals surface area contributed by atoms with Crippen molar-refractivity contribution in [3.8, 4) is 0 Å². The predicted octanol–water partition coefficient (Wildman–Crippen LogP) is 2.89. The molecular weight excluding hydrogens is 253 g/mol. The van der Waals surface area contributed by atoms with Gasteiger partial charge in [-0.3, -0.25) is 0 Å². The number of hydrogen-bond acceptors (Lipinski definition) is 1. The van der Waals surface area contributed by atoms with E-state index in [4.69, 9.17) is 11.6 Å². The molecule has 0 bridgehead atoms. The smallest absolute Gasteiger partial charge is 0.226 e. The maximum atomic E-state index is 11.3. The van der Waals surface area contributed by atoms with Crippen LogP contribution in [0.1, 0.15) is 0 Å². The minimum absolute atomic E-state index is 0.571. The molecule has 1 heterocycles. The van der Waals surface area contributed by atoms with Crippen molar-refractivity contribution in [1.29, 1.82) is 0 Å². The molecule has 0 aliphatic heterocycles. The van der Waals surface area contributed by atoms with Crippen LogP contribution in [0.15, 0.2) is 34.9 Å². The number of pyridine rings is 1. The van der Waals surface area contributed by atoms with Crippen LogP contribution in [0.4, 0.5) is 0 Å². The normalized spacial score (nSPS) is 10.6.